The SMILES string of the molecule is CC(C)NC(=O)CSc1ccccc1C(=O)O[C@H](C)C(=O)NC1CCCC1. The van der Waals surface area contributed by atoms with Crippen molar-refractivity contribution in [3.8, 4) is 0 Å². The lowest BCUT2D eigenvalue weighted by atomic mass is 10.2. The first-order chi connectivity index (χ1) is 12.9. The average Bonchev–Trinajstić information content (AvgIpc) is 3.12. The molecule has 0 unspecified atom stereocenters. The lowest BCUT2D eigenvalue weighted by Crippen LogP contribution is -2.40. The minimum atomic E-state index is -0.861. The standard InChI is InChI=1S/C20H28N2O4S/c1-13(2)21-18(23)12-27-17-11-7-6-10-16(17)20(25)26-14(3)19(24)22-15-8-4-5-9-15/h6-7,10-11,13-15H,4-5,8-9,12H2,1-3H3,(H,21,23)(H,22,24)/t14-/m1/s1. The Bertz CT molecular complexity index is 672. The lowest BCUT2D eigenvalue weighted by Gasteiger charge is -2.18. The summed E-state index contributed by atoms with van der Waals surface area (Å²) in [5, 5.41) is 5.75. The molecule has 1 aliphatic rings. The van der Waals surface area contributed by atoms with E-state index in [0.717, 1.165) is 25.7 Å². The smallest absolute Gasteiger partial charge is 0.340 e. The Kier molecular flexibility index (Phi) is 8.16. The molecule has 7 heteroatoms. The van der Waals surface area contributed by atoms with Gasteiger partial charge in [0.2, 0.25) is 5.91 Å². The van der Waals surface area contributed by atoms with E-state index in [1.165, 1.54) is 11.8 Å². The summed E-state index contributed by atoms with van der Waals surface area (Å²) in [5.41, 5.74) is 0.361. The van der Waals surface area contributed by atoms with Crippen LogP contribution in [0, 0.1) is 0 Å². The lowest BCUT2D eigenvalue weighted by molar-refractivity contribution is -0.129. The highest BCUT2D eigenvalue weighted by molar-refractivity contribution is 8.00. The molecule has 1 atom stereocenters. The number of hydrogen-bond donors (Lipinski definition) is 2. The molecule has 0 spiro atoms. The number of hydrogen-bond acceptors (Lipinski definition) is 5. The molecule has 6 nitrogen and oxygen atoms in total. The van der Waals surface area contributed by atoms with E-state index in [0.29, 0.717) is 10.5 Å². The summed E-state index contributed by atoms with van der Waals surface area (Å²) in [4.78, 5) is 37.2. The van der Waals surface area contributed by atoms with Crippen molar-refractivity contribution in [2.24, 2.45) is 0 Å². The van der Waals surface area contributed by atoms with Crippen molar-refractivity contribution >= 4 is 29.5 Å². The van der Waals surface area contributed by atoms with Gasteiger partial charge in [0.25, 0.3) is 5.91 Å². The predicted octanol–water partition coefficient (Wildman–Crippen LogP) is 2.91. The second-order valence-electron chi connectivity index (χ2n) is 7.04. The Morgan fingerprint density at radius 2 is 1.81 bits per heavy atom. The zero-order valence-electron chi connectivity index (χ0n) is 16.1. The van der Waals surface area contributed by atoms with Gasteiger partial charge in [-0.05, 0) is 45.7 Å². The highest BCUT2D eigenvalue weighted by atomic mass is 32.2. The Hall–Kier alpha value is -2.02. The summed E-state index contributed by atoms with van der Waals surface area (Å²) in [6.45, 7) is 5.37. The first kappa shape index (κ1) is 21.3. The zero-order valence-corrected chi connectivity index (χ0v) is 16.9. The van der Waals surface area contributed by atoms with Crippen LogP contribution in [0.4, 0.5) is 0 Å². The van der Waals surface area contributed by atoms with Crippen molar-refractivity contribution in [3.05, 3.63) is 29.8 Å². The van der Waals surface area contributed by atoms with E-state index in [2.05, 4.69) is 10.6 Å². The molecule has 2 amide bonds. The predicted molar refractivity (Wildman–Crippen MR) is 106 cm³/mol. The van der Waals surface area contributed by atoms with Crippen molar-refractivity contribution in [2.45, 2.75) is 69.5 Å². The van der Waals surface area contributed by atoms with Crippen molar-refractivity contribution in [1.82, 2.24) is 10.6 Å². The normalized spacial score (nSPS) is 15.4. The molecule has 1 aliphatic carbocycles. The molecule has 0 heterocycles. The van der Waals surface area contributed by atoms with Gasteiger partial charge >= 0.3 is 5.97 Å². The Morgan fingerprint density at radius 3 is 2.48 bits per heavy atom. The summed E-state index contributed by atoms with van der Waals surface area (Å²) in [6.07, 6.45) is 3.33. The third-order valence-corrected chi connectivity index (χ3v) is 5.34. The van der Waals surface area contributed by atoms with E-state index < -0.39 is 12.1 Å². The number of thioether (sulfide) groups is 1. The van der Waals surface area contributed by atoms with Crippen LogP contribution < -0.4 is 10.6 Å². The van der Waals surface area contributed by atoms with Gasteiger partial charge in [0.15, 0.2) is 6.10 Å². The molecule has 0 aromatic heterocycles. The fourth-order valence-corrected chi connectivity index (χ4v) is 3.79. The summed E-state index contributed by atoms with van der Waals surface area (Å²) in [6, 6.07) is 7.20. The van der Waals surface area contributed by atoms with Crippen LogP contribution in [0.1, 0.15) is 56.8 Å². The van der Waals surface area contributed by atoms with Crippen molar-refractivity contribution in [1.29, 1.82) is 0 Å². The van der Waals surface area contributed by atoms with Gasteiger partial charge in [-0.1, -0.05) is 25.0 Å². The van der Waals surface area contributed by atoms with Crippen LogP contribution in [0.2, 0.25) is 0 Å². The molecule has 1 aromatic rings. The molecular formula is C20H28N2O4S. The molecule has 27 heavy (non-hydrogen) atoms. The monoisotopic (exact) mass is 392 g/mol. The van der Waals surface area contributed by atoms with Gasteiger partial charge in [-0.2, -0.15) is 0 Å². The molecular weight excluding hydrogens is 364 g/mol. The summed E-state index contributed by atoms with van der Waals surface area (Å²) in [7, 11) is 0. The van der Waals surface area contributed by atoms with Crippen LogP contribution >= 0.6 is 11.8 Å². The molecule has 0 aliphatic heterocycles. The van der Waals surface area contributed by atoms with Crippen LogP contribution in [0.15, 0.2) is 29.2 Å². The minimum Gasteiger partial charge on any atom is -0.449 e. The van der Waals surface area contributed by atoms with E-state index in [4.69, 9.17) is 4.74 Å². The number of benzene rings is 1. The Morgan fingerprint density at radius 1 is 1.15 bits per heavy atom. The zero-order chi connectivity index (χ0) is 19.8. The number of rotatable bonds is 8. The molecule has 1 saturated carbocycles. The van der Waals surface area contributed by atoms with Crippen LogP contribution in [0.25, 0.3) is 0 Å². The fraction of sp³-hybridized carbons (Fsp3) is 0.550. The van der Waals surface area contributed by atoms with E-state index in [1.54, 1.807) is 31.2 Å². The number of carbonyl (C=O) groups is 3. The molecule has 1 fully saturated rings. The third-order valence-electron chi connectivity index (χ3n) is 4.27. The maximum atomic E-state index is 12.5. The molecule has 2 N–H and O–H groups in total. The highest BCUT2D eigenvalue weighted by Gasteiger charge is 2.24. The molecule has 0 bridgehead atoms. The summed E-state index contributed by atoms with van der Waals surface area (Å²) in [5.74, 6) is -0.712. The second kappa shape index (κ2) is 10.3. The van der Waals surface area contributed by atoms with Crippen molar-refractivity contribution < 1.29 is 19.1 Å². The summed E-state index contributed by atoms with van der Waals surface area (Å²) >= 11 is 1.27. The topological polar surface area (TPSA) is 84.5 Å². The van der Waals surface area contributed by atoms with E-state index in [-0.39, 0.29) is 29.7 Å². The highest BCUT2D eigenvalue weighted by Crippen LogP contribution is 2.24. The van der Waals surface area contributed by atoms with Gasteiger partial charge in [0, 0.05) is 17.0 Å². The number of carbonyl (C=O) groups excluding carboxylic acids is 3. The molecule has 0 radical (unpaired) electrons. The van der Waals surface area contributed by atoms with E-state index in [9.17, 15) is 14.4 Å². The maximum Gasteiger partial charge on any atom is 0.340 e. The van der Waals surface area contributed by atoms with Gasteiger partial charge in [-0.25, -0.2) is 4.79 Å². The largest absolute Gasteiger partial charge is 0.449 e. The van der Waals surface area contributed by atoms with Crippen LogP contribution in [0.3, 0.4) is 0 Å². The van der Waals surface area contributed by atoms with Crippen molar-refractivity contribution in [3.63, 3.8) is 0 Å². The van der Waals surface area contributed by atoms with Crippen LogP contribution in [0.5, 0.6) is 0 Å². The van der Waals surface area contributed by atoms with Gasteiger partial charge in [0.05, 0.1) is 11.3 Å². The van der Waals surface area contributed by atoms with E-state index >= 15 is 0 Å². The van der Waals surface area contributed by atoms with Gasteiger partial charge in [-0.15, -0.1) is 11.8 Å². The first-order valence-electron chi connectivity index (χ1n) is 9.39. The average molecular weight is 393 g/mol. The molecule has 1 aromatic carbocycles. The molecule has 0 saturated heterocycles. The molecule has 148 valence electrons. The minimum absolute atomic E-state index is 0.0672. The number of nitrogens with one attached hydrogen (secondary N) is 2. The maximum absolute atomic E-state index is 12.5. The first-order valence-corrected chi connectivity index (χ1v) is 10.4. The Labute approximate surface area is 164 Å². The number of amides is 2. The molecule has 2 rings (SSSR count). The van der Waals surface area contributed by atoms with E-state index in [1.807, 2.05) is 13.8 Å². The second-order valence-corrected chi connectivity index (χ2v) is 8.06. The van der Waals surface area contributed by atoms with Crippen LogP contribution in [-0.2, 0) is 14.3 Å². The fourth-order valence-electron chi connectivity index (χ4n) is 2.93. The van der Waals surface area contributed by atoms with Gasteiger partial charge in [0.1, 0.15) is 0 Å². The Balaban J connectivity index is 1.93. The van der Waals surface area contributed by atoms with Crippen LogP contribution in [-0.4, -0.2) is 41.7 Å². The van der Waals surface area contributed by atoms with Gasteiger partial charge < -0.3 is 15.4 Å². The van der Waals surface area contributed by atoms with Crippen molar-refractivity contribution in [2.75, 3.05) is 5.75 Å². The summed E-state index contributed by atoms with van der Waals surface area (Å²) < 4.78 is 5.36. The quantitative estimate of drug-likeness (QED) is 0.525. The number of esters is 1. The van der Waals surface area contributed by atoms with Gasteiger partial charge in [-0.3, -0.25) is 9.59 Å². The number of ether oxygens (including phenoxy) is 1. The third kappa shape index (κ3) is 6.90.